The van der Waals surface area contributed by atoms with Gasteiger partial charge in [0.2, 0.25) is 0 Å². The van der Waals surface area contributed by atoms with Gasteiger partial charge in [0, 0.05) is 15.6 Å². The molecule has 0 fully saturated rings. The van der Waals surface area contributed by atoms with Gasteiger partial charge in [-0.15, -0.1) is 0 Å². The number of rotatable bonds is 20. The second kappa shape index (κ2) is 26.8. The third-order valence-corrected chi connectivity index (χ3v) is 10.0. The van der Waals surface area contributed by atoms with Crippen LogP contribution in [0.4, 0.5) is 0 Å². The number of fused-ring (bicyclic) bond motifs is 2. The van der Waals surface area contributed by atoms with E-state index in [-0.39, 0.29) is 0 Å². The van der Waals surface area contributed by atoms with Crippen molar-refractivity contribution in [2.75, 3.05) is 13.2 Å². The first-order valence-corrected chi connectivity index (χ1v) is 20.0. The van der Waals surface area contributed by atoms with E-state index in [1.54, 1.807) is 0 Å². The Bertz CT molecular complexity index is 1310. The molecule has 3 heteroatoms. The molecule has 0 aliphatic heterocycles. The van der Waals surface area contributed by atoms with Gasteiger partial charge >= 0.3 is 0 Å². The van der Waals surface area contributed by atoms with Crippen molar-refractivity contribution in [3.05, 3.63) is 88.5 Å². The number of ether oxygens (including phenoxy) is 1. The summed E-state index contributed by atoms with van der Waals surface area (Å²) in [5, 5.41) is 14.3. The maximum atomic E-state index is 9.11. The Labute approximate surface area is 302 Å². The minimum Gasteiger partial charge on any atom is -0.493 e. The maximum absolute atomic E-state index is 9.11. The summed E-state index contributed by atoms with van der Waals surface area (Å²) in [6, 6.07) is 29.6. The molecule has 0 aromatic heterocycles. The van der Waals surface area contributed by atoms with E-state index in [9.17, 15) is 0 Å². The van der Waals surface area contributed by atoms with Crippen molar-refractivity contribution in [2.24, 2.45) is 11.8 Å². The van der Waals surface area contributed by atoms with E-state index in [2.05, 4.69) is 135 Å². The van der Waals surface area contributed by atoms with Crippen LogP contribution in [-0.4, -0.2) is 18.3 Å². The van der Waals surface area contributed by atoms with Gasteiger partial charge in [-0.25, -0.2) is 0 Å². The molecule has 1 N–H and O–H groups in total. The fourth-order valence-electron chi connectivity index (χ4n) is 6.06. The van der Waals surface area contributed by atoms with E-state index in [4.69, 9.17) is 9.84 Å². The summed E-state index contributed by atoms with van der Waals surface area (Å²) in [6.45, 7) is 10.3. The first-order chi connectivity index (χ1) is 23.1. The van der Waals surface area contributed by atoms with Gasteiger partial charge in [0.15, 0.2) is 0 Å². The number of hydrogen-bond donors (Lipinski definition) is 1. The van der Waals surface area contributed by atoms with Crippen LogP contribution in [0.1, 0.15) is 130 Å². The Kier molecular flexibility index (Phi) is 23.4. The molecule has 0 spiro atoms. The molecule has 2 atom stereocenters. The largest absolute Gasteiger partial charge is 0.493 e. The summed E-state index contributed by atoms with van der Waals surface area (Å²) in [5.41, 5.74) is 0. The van der Waals surface area contributed by atoms with Crippen molar-refractivity contribution >= 4 is 44.1 Å². The van der Waals surface area contributed by atoms with Crippen LogP contribution < -0.4 is 4.74 Å². The summed E-state index contributed by atoms with van der Waals surface area (Å²) < 4.78 is 7.56. The molecule has 0 saturated carbocycles. The number of halogens is 1. The Balaban J connectivity index is 0.000000270. The number of unbranched alkanes of at least 4 members (excludes halogenated alkanes) is 8. The predicted molar refractivity (Wildman–Crippen MR) is 217 cm³/mol. The third kappa shape index (κ3) is 17.2. The molecule has 4 aromatic rings. The topological polar surface area (TPSA) is 29.5 Å². The standard InChI is InChI=1S/C22H32O.C12H26O.C10H7I/c1-3-5-7-8-13-19(12-6-4-2)18-23-22-17-11-15-20-14-9-10-16-21(20)22;1-3-5-7-8-10-12(11-13)9-6-4-2;11-10-7-3-5-8-4-1-2-6-9(8)10/h9-11,14-17,19H,3-8,12-13,18H2,1-2H3;12-13H,3-11H2,1-2H3;1-7H. The molecule has 0 heterocycles. The lowest BCUT2D eigenvalue weighted by Crippen LogP contribution is -2.12. The van der Waals surface area contributed by atoms with Gasteiger partial charge < -0.3 is 9.84 Å². The summed E-state index contributed by atoms with van der Waals surface area (Å²) >= 11 is 2.36. The molecule has 2 unspecified atom stereocenters. The molecule has 0 bridgehead atoms. The fraction of sp³-hybridized carbons (Fsp3) is 0.545. The fourth-order valence-corrected chi connectivity index (χ4v) is 6.76. The molecule has 4 rings (SSSR count). The summed E-state index contributed by atoms with van der Waals surface area (Å²) in [4.78, 5) is 0. The SMILES string of the molecule is CCCCCCC(CCCC)COc1cccc2ccccc12.CCCCCCC(CO)CCCC.Ic1cccc2ccccc12. The minimum atomic E-state index is 0.395. The molecule has 47 heavy (non-hydrogen) atoms. The average Bonchev–Trinajstić information content (AvgIpc) is 3.11. The third-order valence-electron chi connectivity index (χ3n) is 9.08. The normalized spacial score (nSPS) is 12.1. The first-order valence-electron chi connectivity index (χ1n) is 18.9. The number of benzene rings is 4. The minimum absolute atomic E-state index is 0.395. The highest BCUT2D eigenvalue weighted by Gasteiger charge is 2.11. The molecule has 0 saturated heterocycles. The van der Waals surface area contributed by atoms with Crippen molar-refractivity contribution in [3.8, 4) is 5.75 Å². The van der Waals surface area contributed by atoms with Gasteiger partial charge in [-0.2, -0.15) is 0 Å². The predicted octanol–water partition coefficient (Wildman–Crippen LogP) is 14.2. The molecule has 0 aliphatic rings. The highest BCUT2D eigenvalue weighted by atomic mass is 127. The molecule has 0 amide bonds. The van der Waals surface area contributed by atoms with Crippen molar-refractivity contribution < 1.29 is 9.84 Å². The van der Waals surface area contributed by atoms with Crippen molar-refractivity contribution in [1.82, 2.24) is 0 Å². The number of aliphatic hydroxyl groups is 1. The van der Waals surface area contributed by atoms with Crippen molar-refractivity contribution in [1.29, 1.82) is 0 Å². The molecular weight excluding hydrogens is 687 g/mol. The van der Waals surface area contributed by atoms with Crippen LogP contribution in [0.25, 0.3) is 21.5 Å². The first kappa shape index (κ1) is 41.1. The zero-order chi connectivity index (χ0) is 34.0. The van der Waals surface area contributed by atoms with Crippen LogP contribution in [-0.2, 0) is 0 Å². The van der Waals surface area contributed by atoms with Gasteiger partial charge in [0.05, 0.1) is 6.61 Å². The maximum Gasteiger partial charge on any atom is 0.127 e. The molecule has 0 radical (unpaired) electrons. The number of hydrogen-bond acceptors (Lipinski definition) is 2. The lowest BCUT2D eigenvalue weighted by atomic mass is 9.96. The van der Waals surface area contributed by atoms with E-state index >= 15 is 0 Å². The van der Waals surface area contributed by atoms with Crippen LogP contribution in [0.2, 0.25) is 0 Å². The molecule has 2 nitrogen and oxygen atoms in total. The van der Waals surface area contributed by atoms with Gasteiger partial charge in [0.1, 0.15) is 5.75 Å². The number of aliphatic hydroxyl groups excluding tert-OH is 1. The molecule has 0 aliphatic carbocycles. The summed E-state index contributed by atoms with van der Waals surface area (Å²) in [6.07, 6.45) is 20.9. The molecule has 4 aromatic carbocycles. The Morgan fingerprint density at radius 2 is 0.979 bits per heavy atom. The quantitative estimate of drug-likeness (QED) is 0.0720. The lowest BCUT2D eigenvalue weighted by Gasteiger charge is -2.18. The van der Waals surface area contributed by atoms with Crippen molar-refractivity contribution in [2.45, 2.75) is 130 Å². The highest BCUT2D eigenvalue weighted by molar-refractivity contribution is 14.1. The van der Waals surface area contributed by atoms with E-state index in [1.165, 1.54) is 128 Å². The van der Waals surface area contributed by atoms with E-state index in [0.29, 0.717) is 18.4 Å². The van der Waals surface area contributed by atoms with Crippen LogP contribution in [0.15, 0.2) is 84.9 Å². The van der Waals surface area contributed by atoms with Crippen LogP contribution in [0.3, 0.4) is 0 Å². The summed E-state index contributed by atoms with van der Waals surface area (Å²) in [7, 11) is 0. The monoisotopic (exact) mass is 752 g/mol. The van der Waals surface area contributed by atoms with Gasteiger partial charge in [-0.1, -0.05) is 178 Å². The second-order valence-electron chi connectivity index (χ2n) is 13.1. The van der Waals surface area contributed by atoms with Gasteiger partial charge in [-0.05, 0) is 88.4 Å². The van der Waals surface area contributed by atoms with Gasteiger partial charge in [0.25, 0.3) is 0 Å². The Morgan fingerprint density at radius 1 is 0.511 bits per heavy atom. The van der Waals surface area contributed by atoms with E-state index < -0.39 is 0 Å². The zero-order valence-corrected chi connectivity index (χ0v) is 32.4. The van der Waals surface area contributed by atoms with Crippen LogP contribution in [0, 0.1) is 15.4 Å². The molecular formula is C44H65IO2. The zero-order valence-electron chi connectivity index (χ0n) is 30.2. The highest BCUT2D eigenvalue weighted by Crippen LogP contribution is 2.27. The van der Waals surface area contributed by atoms with E-state index in [1.807, 2.05) is 0 Å². The van der Waals surface area contributed by atoms with E-state index in [0.717, 1.165) is 12.4 Å². The Morgan fingerprint density at radius 3 is 1.55 bits per heavy atom. The smallest absolute Gasteiger partial charge is 0.127 e. The second-order valence-corrected chi connectivity index (χ2v) is 14.3. The Hall–Kier alpha value is -2.11. The van der Waals surface area contributed by atoms with Crippen LogP contribution >= 0.6 is 22.6 Å². The molecule has 260 valence electrons. The van der Waals surface area contributed by atoms with Gasteiger partial charge in [-0.3, -0.25) is 0 Å². The summed E-state index contributed by atoms with van der Waals surface area (Å²) in [5.74, 6) is 2.32. The average molecular weight is 753 g/mol. The van der Waals surface area contributed by atoms with Crippen LogP contribution in [0.5, 0.6) is 5.75 Å². The van der Waals surface area contributed by atoms with Crippen molar-refractivity contribution in [3.63, 3.8) is 0 Å². The lowest BCUT2D eigenvalue weighted by molar-refractivity contribution is 0.205.